The van der Waals surface area contributed by atoms with E-state index in [1.807, 2.05) is 31.2 Å². The predicted molar refractivity (Wildman–Crippen MR) is 100 cm³/mol. The number of aromatic nitrogens is 2. The maximum absolute atomic E-state index is 13.2. The van der Waals surface area contributed by atoms with Crippen molar-refractivity contribution in [3.8, 4) is 0 Å². The molecule has 1 aliphatic carbocycles. The highest BCUT2D eigenvalue weighted by Crippen LogP contribution is 2.49. The Kier molecular flexibility index (Phi) is 5.90. The minimum atomic E-state index is -2.84. The van der Waals surface area contributed by atoms with E-state index in [4.69, 9.17) is 10.6 Å². The molecule has 3 rings (SSSR count). The molecule has 1 aromatic heterocycles. The van der Waals surface area contributed by atoms with Crippen molar-refractivity contribution < 1.29 is 23.2 Å². The third-order valence-corrected chi connectivity index (χ3v) is 4.92. The lowest BCUT2D eigenvalue weighted by atomic mass is 9.91. The second kappa shape index (κ2) is 8.38. The van der Waals surface area contributed by atoms with Crippen LogP contribution < -0.4 is 11.1 Å². The van der Waals surface area contributed by atoms with E-state index in [1.165, 1.54) is 0 Å². The molecule has 1 saturated carbocycles. The molecular formula is C19H21F2N5O3. The van der Waals surface area contributed by atoms with Gasteiger partial charge in [0.1, 0.15) is 5.69 Å². The molecule has 1 fully saturated rings. The second-order valence-electron chi connectivity index (χ2n) is 6.80. The smallest absolute Gasteiger partial charge is 0.384 e. The maximum atomic E-state index is 13.2. The lowest BCUT2D eigenvalue weighted by Crippen LogP contribution is -2.30. The molecule has 2 aromatic rings. The number of nitrogens with one attached hydrogen (secondary N) is 1. The molecule has 29 heavy (non-hydrogen) atoms. The third-order valence-electron chi connectivity index (χ3n) is 4.92. The van der Waals surface area contributed by atoms with E-state index in [0.717, 1.165) is 34.7 Å². The molecule has 1 amide bonds. The fraction of sp³-hybridized carbons (Fsp3) is 0.368. The van der Waals surface area contributed by atoms with Crippen LogP contribution in [0.5, 0.6) is 0 Å². The van der Waals surface area contributed by atoms with Gasteiger partial charge in [-0.25, -0.2) is 13.6 Å². The fourth-order valence-corrected chi connectivity index (χ4v) is 3.24. The van der Waals surface area contributed by atoms with Crippen molar-refractivity contribution in [1.29, 1.82) is 0 Å². The molecule has 0 spiro atoms. The fourth-order valence-electron chi connectivity index (χ4n) is 3.24. The number of alkyl halides is 2. The Labute approximate surface area is 165 Å². The molecule has 154 valence electrons. The van der Waals surface area contributed by atoms with Crippen molar-refractivity contribution in [2.24, 2.45) is 10.9 Å². The Hall–Kier alpha value is -3.30. The first-order valence-electron chi connectivity index (χ1n) is 9.03. The zero-order valence-electron chi connectivity index (χ0n) is 15.8. The average molecular weight is 405 g/mol. The molecule has 1 aliphatic rings. The second-order valence-corrected chi connectivity index (χ2v) is 6.80. The number of carbonyl (C=O) groups excluding carboxylic acids is 2. The van der Waals surface area contributed by atoms with Crippen LogP contribution in [0.3, 0.4) is 0 Å². The van der Waals surface area contributed by atoms with Gasteiger partial charge >= 0.3 is 5.97 Å². The highest BCUT2D eigenvalue weighted by atomic mass is 19.3. The van der Waals surface area contributed by atoms with Crippen LogP contribution in [0.15, 0.2) is 35.5 Å². The van der Waals surface area contributed by atoms with Gasteiger partial charge in [-0.3, -0.25) is 9.48 Å². The monoisotopic (exact) mass is 405 g/mol. The molecular weight excluding hydrogens is 384 g/mol. The lowest BCUT2D eigenvalue weighted by molar-refractivity contribution is -0.109. The van der Waals surface area contributed by atoms with Crippen molar-refractivity contribution in [2.75, 3.05) is 6.54 Å². The highest BCUT2D eigenvalue weighted by molar-refractivity contribution is 5.95. The molecule has 8 nitrogen and oxygen atoms in total. The number of rotatable bonds is 9. The van der Waals surface area contributed by atoms with Gasteiger partial charge in [0.15, 0.2) is 11.5 Å². The van der Waals surface area contributed by atoms with Gasteiger partial charge in [0.25, 0.3) is 6.43 Å². The topological polar surface area (TPSA) is 112 Å². The van der Waals surface area contributed by atoms with Gasteiger partial charge in [-0.2, -0.15) is 5.10 Å². The van der Waals surface area contributed by atoms with Crippen molar-refractivity contribution in [3.63, 3.8) is 0 Å². The number of nitrogens with two attached hydrogens (primary N) is 1. The standard InChI is InChI=1S/C19H21F2N5O3/c1-12-4-2-3-5-13(12)19(6-7-19)18(22)25-29-17(28)14-10-15(16(20)21)26(24-14)9-8-23-11-27/h2-5,10-11,16H,6-9H2,1H3,(H2,22,25)(H,23,27). The summed E-state index contributed by atoms with van der Waals surface area (Å²) in [5.74, 6) is -0.832. The quantitative estimate of drug-likeness (QED) is 0.166. The van der Waals surface area contributed by atoms with Crippen LogP contribution in [0.4, 0.5) is 8.78 Å². The number of halogens is 2. The Morgan fingerprint density at radius 2 is 2.17 bits per heavy atom. The number of oxime groups is 1. The summed E-state index contributed by atoms with van der Waals surface area (Å²) in [6.45, 7) is 2.03. The van der Waals surface area contributed by atoms with E-state index in [9.17, 15) is 18.4 Å². The SMILES string of the molecule is Cc1ccccc1C1(/C(N)=N/OC(=O)c2cc(C(F)F)n(CCNC=O)n2)CC1. The van der Waals surface area contributed by atoms with Crippen molar-refractivity contribution in [1.82, 2.24) is 15.1 Å². The number of benzene rings is 1. The van der Waals surface area contributed by atoms with Gasteiger partial charge in [-0.15, -0.1) is 0 Å². The van der Waals surface area contributed by atoms with Crippen LogP contribution in [-0.4, -0.2) is 34.5 Å². The molecule has 10 heteroatoms. The van der Waals surface area contributed by atoms with Crippen LogP contribution in [0, 0.1) is 6.92 Å². The first kappa shape index (κ1) is 20.4. The first-order valence-corrected chi connectivity index (χ1v) is 9.03. The highest BCUT2D eigenvalue weighted by Gasteiger charge is 2.49. The third kappa shape index (κ3) is 4.25. The molecule has 0 radical (unpaired) electrons. The number of hydrogen-bond donors (Lipinski definition) is 2. The Balaban J connectivity index is 1.74. The molecule has 1 aromatic carbocycles. The maximum Gasteiger partial charge on any atom is 0.385 e. The summed E-state index contributed by atoms with van der Waals surface area (Å²) in [7, 11) is 0. The van der Waals surface area contributed by atoms with Crippen LogP contribution in [0.1, 0.15) is 46.6 Å². The summed E-state index contributed by atoms with van der Waals surface area (Å²) in [4.78, 5) is 27.4. The van der Waals surface area contributed by atoms with E-state index in [1.54, 1.807) is 0 Å². The summed E-state index contributed by atoms with van der Waals surface area (Å²) in [6.07, 6.45) is -0.845. The van der Waals surface area contributed by atoms with Crippen molar-refractivity contribution in [2.45, 2.75) is 38.2 Å². The largest absolute Gasteiger partial charge is 0.385 e. The summed E-state index contributed by atoms with van der Waals surface area (Å²) < 4.78 is 27.3. The molecule has 0 atom stereocenters. The molecule has 1 heterocycles. The predicted octanol–water partition coefficient (Wildman–Crippen LogP) is 2.04. The molecule has 0 saturated heterocycles. The summed E-state index contributed by atoms with van der Waals surface area (Å²) >= 11 is 0. The van der Waals surface area contributed by atoms with E-state index in [2.05, 4.69) is 15.6 Å². The van der Waals surface area contributed by atoms with Crippen molar-refractivity contribution >= 4 is 18.2 Å². The zero-order chi connectivity index (χ0) is 21.0. The first-order chi connectivity index (χ1) is 13.9. The normalized spacial score (nSPS) is 15.2. The van der Waals surface area contributed by atoms with E-state index >= 15 is 0 Å². The Bertz CT molecular complexity index is 938. The summed E-state index contributed by atoms with van der Waals surface area (Å²) in [5, 5.41) is 9.93. The van der Waals surface area contributed by atoms with Crippen molar-refractivity contribution in [3.05, 3.63) is 52.8 Å². The molecule has 0 aliphatic heterocycles. The average Bonchev–Trinajstić information content (AvgIpc) is 3.39. The number of amides is 1. The van der Waals surface area contributed by atoms with Crippen LogP contribution in [0.2, 0.25) is 0 Å². The molecule has 0 bridgehead atoms. The van der Waals surface area contributed by atoms with Gasteiger partial charge in [0.2, 0.25) is 6.41 Å². The number of hydrogen-bond acceptors (Lipinski definition) is 5. The van der Waals surface area contributed by atoms with Crippen LogP contribution >= 0.6 is 0 Å². The van der Waals surface area contributed by atoms with E-state index in [-0.39, 0.29) is 24.6 Å². The van der Waals surface area contributed by atoms with Gasteiger partial charge < -0.3 is 15.9 Å². The Morgan fingerprint density at radius 1 is 1.45 bits per heavy atom. The van der Waals surface area contributed by atoms with Crippen LogP contribution in [0.25, 0.3) is 0 Å². The van der Waals surface area contributed by atoms with Crippen LogP contribution in [-0.2, 0) is 21.6 Å². The lowest BCUT2D eigenvalue weighted by Gasteiger charge is -2.16. The number of amidine groups is 1. The zero-order valence-corrected chi connectivity index (χ0v) is 15.8. The van der Waals surface area contributed by atoms with Gasteiger partial charge in [0, 0.05) is 12.6 Å². The minimum absolute atomic E-state index is 0.0203. The molecule has 3 N–H and O–H groups in total. The summed E-state index contributed by atoms with van der Waals surface area (Å²) in [6, 6.07) is 8.68. The number of aryl methyl sites for hydroxylation is 1. The van der Waals surface area contributed by atoms with E-state index < -0.39 is 23.5 Å². The Morgan fingerprint density at radius 3 is 2.79 bits per heavy atom. The number of carbonyl (C=O) groups is 2. The summed E-state index contributed by atoms with van der Waals surface area (Å²) in [5.41, 5.74) is 6.92. The number of nitrogens with zero attached hydrogens (tertiary/aromatic N) is 3. The van der Waals surface area contributed by atoms with Gasteiger partial charge in [-0.05, 0) is 30.9 Å². The molecule has 0 unspecified atom stereocenters. The van der Waals surface area contributed by atoms with E-state index in [0.29, 0.717) is 6.41 Å². The van der Waals surface area contributed by atoms with Gasteiger partial charge in [0.05, 0.1) is 12.0 Å². The van der Waals surface area contributed by atoms with Gasteiger partial charge in [-0.1, -0.05) is 29.4 Å². The minimum Gasteiger partial charge on any atom is -0.384 e.